The molecule has 1 heterocycles. The van der Waals surface area contributed by atoms with Crippen molar-refractivity contribution in [2.75, 3.05) is 5.32 Å². The monoisotopic (exact) mass is 287 g/mol. The van der Waals surface area contributed by atoms with Gasteiger partial charge in [-0.05, 0) is 24.5 Å². The van der Waals surface area contributed by atoms with Crippen molar-refractivity contribution in [2.24, 2.45) is 11.7 Å². The molecule has 0 spiro atoms. The third kappa shape index (κ3) is 4.16. The average Bonchev–Trinajstić information content (AvgIpc) is 2.85. The zero-order valence-electron chi connectivity index (χ0n) is 12.6. The van der Waals surface area contributed by atoms with Crippen LogP contribution in [0.2, 0.25) is 0 Å². The fourth-order valence-electron chi connectivity index (χ4n) is 2.07. The molecule has 0 aliphatic heterocycles. The predicted octanol–water partition coefficient (Wildman–Crippen LogP) is 2.96. The summed E-state index contributed by atoms with van der Waals surface area (Å²) in [4.78, 5) is 16.2. The molecule has 0 aliphatic carbocycles. The molecule has 2 aromatic rings. The number of hydrogen-bond acceptors (Lipinski definition) is 4. The fraction of sp³-hybridized carbons (Fsp3) is 0.375. The van der Waals surface area contributed by atoms with Gasteiger partial charge >= 0.3 is 0 Å². The Morgan fingerprint density at radius 1 is 1.33 bits per heavy atom. The maximum atomic E-state index is 11.9. The number of anilines is 1. The van der Waals surface area contributed by atoms with E-state index in [1.807, 2.05) is 38.1 Å². The summed E-state index contributed by atoms with van der Waals surface area (Å²) in [7, 11) is 0. The number of nitrogens with two attached hydrogens (primary N) is 1. The van der Waals surface area contributed by atoms with Crippen LogP contribution >= 0.6 is 0 Å². The molecule has 5 heteroatoms. The van der Waals surface area contributed by atoms with Gasteiger partial charge in [0.1, 0.15) is 12.0 Å². The van der Waals surface area contributed by atoms with E-state index in [4.69, 9.17) is 10.2 Å². The maximum Gasteiger partial charge on any atom is 0.241 e. The highest BCUT2D eigenvalue weighted by Gasteiger charge is 2.15. The zero-order chi connectivity index (χ0) is 15.4. The summed E-state index contributed by atoms with van der Waals surface area (Å²) in [5, 5.41) is 2.82. The first-order valence-electron chi connectivity index (χ1n) is 7.04. The molecule has 0 aliphatic rings. The molecule has 1 atom stereocenters. The van der Waals surface area contributed by atoms with Gasteiger partial charge in [-0.2, -0.15) is 0 Å². The quantitative estimate of drug-likeness (QED) is 0.885. The Bertz CT molecular complexity index is 602. The minimum atomic E-state index is -0.483. The summed E-state index contributed by atoms with van der Waals surface area (Å²) in [6, 6.07) is 6.96. The summed E-state index contributed by atoms with van der Waals surface area (Å²) in [6.45, 7) is 5.89. The van der Waals surface area contributed by atoms with Crippen LogP contribution in [0.15, 0.2) is 34.9 Å². The Balaban J connectivity index is 2.01. The van der Waals surface area contributed by atoms with E-state index in [1.54, 1.807) is 13.2 Å². The van der Waals surface area contributed by atoms with Gasteiger partial charge in [-0.15, -0.1) is 0 Å². The number of rotatable bonds is 5. The largest absolute Gasteiger partial charge is 0.449 e. The van der Waals surface area contributed by atoms with Crippen molar-refractivity contribution in [3.05, 3.63) is 36.4 Å². The Hall–Kier alpha value is -2.14. The molecule has 21 heavy (non-hydrogen) atoms. The summed E-state index contributed by atoms with van der Waals surface area (Å²) in [6.07, 6.45) is 2.28. The highest BCUT2D eigenvalue weighted by molar-refractivity contribution is 5.94. The average molecular weight is 287 g/mol. The van der Waals surface area contributed by atoms with Crippen molar-refractivity contribution in [3.8, 4) is 11.3 Å². The minimum Gasteiger partial charge on any atom is -0.449 e. The van der Waals surface area contributed by atoms with Crippen molar-refractivity contribution < 1.29 is 9.21 Å². The maximum absolute atomic E-state index is 11.9. The number of aryl methyl sites for hydroxylation is 1. The number of hydrogen-bond donors (Lipinski definition) is 2. The number of nitrogens with zero attached hydrogens (tertiary/aromatic N) is 1. The van der Waals surface area contributed by atoms with Crippen LogP contribution in [0.4, 0.5) is 5.69 Å². The third-order valence-corrected chi connectivity index (χ3v) is 3.13. The molecular formula is C16H21N3O2. The molecule has 0 saturated carbocycles. The van der Waals surface area contributed by atoms with Gasteiger partial charge in [0.05, 0.1) is 6.04 Å². The van der Waals surface area contributed by atoms with E-state index in [2.05, 4.69) is 10.3 Å². The first kappa shape index (κ1) is 15.3. The van der Waals surface area contributed by atoms with Crippen molar-refractivity contribution >= 4 is 11.6 Å². The highest BCUT2D eigenvalue weighted by Crippen LogP contribution is 2.20. The molecule has 0 bridgehead atoms. The van der Waals surface area contributed by atoms with Crippen LogP contribution < -0.4 is 11.1 Å². The van der Waals surface area contributed by atoms with E-state index in [-0.39, 0.29) is 5.91 Å². The standard InChI is InChI=1S/C16H21N3O2/c1-10(2)8-14(17)16(20)19-13-6-4-12(5-7-13)15-9-21-11(3)18-15/h4-7,9-10,14H,8,17H2,1-3H3,(H,19,20). The first-order valence-corrected chi connectivity index (χ1v) is 7.04. The second-order valence-electron chi connectivity index (χ2n) is 5.55. The molecule has 3 N–H and O–H groups in total. The third-order valence-electron chi connectivity index (χ3n) is 3.13. The van der Waals surface area contributed by atoms with E-state index in [0.29, 0.717) is 18.2 Å². The summed E-state index contributed by atoms with van der Waals surface area (Å²) < 4.78 is 5.18. The van der Waals surface area contributed by atoms with Crippen LogP contribution in [-0.4, -0.2) is 16.9 Å². The number of carbonyl (C=O) groups is 1. The Morgan fingerprint density at radius 2 is 2.00 bits per heavy atom. The van der Waals surface area contributed by atoms with Gasteiger partial charge in [0.2, 0.25) is 5.91 Å². The van der Waals surface area contributed by atoms with E-state index >= 15 is 0 Å². The fourth-order valence-corrected chi connectivity index (χ4v) is 2.07. The predicted molar refractivity (Wildman–Crippen MR) is 82.7 cm³/mol. The second-order valence-corrected chi connectivity index (χ2v) is 5.55. The molecular weight excluding hydrogens is 266 g/mol. The van der Waals surface area contributed by atoms with E-state index < -0.39 is 6.04 Å². The molecule has 0 fully saturated rings. The van der Waals surface area contributed by atoms with Crippen LogP contribution in [-0.2, 0) is 4.79 Å². The number of benzene rings is 1. The summed E-state index contributed by atoms with van der Waals surface area (Å²) in [5.74, 6) is 0.860. The lowest BCUT2D eigenvalue weighted by atomic mass is 10.0. The number of aromatic nitrogens is 1. The molecule has 0 radical (unpaired) electrons. The highest BCUT2D eigenvalue weighted by atomic mass is 16.3. The molecule has 1 aromatic carbocycles. The molecule has 1 aromatic heterocycles. The Labute approximate surface area is 124 Å². The number of carbonyl (C=O) groups excluding carboxylic acids is 1. The molecule has 112 valence electrons. The topological polar surface area (TPSA) is 81.2 Å². The lowest BCUT2D eigenvalue weighted by Gasteiger charge is -2.14. The number of amides is 1. The van der Waals surface area contributed by atoms with Gasteiger partial charge in [0.25, 0.3) is 0 Å². The number of oxazole rings is 1. The molecule has 0 saturated heterocycles. The Kier molecular flexibility index (Phi) is 4.75. The number of nitrogens with one attached hydrogen (secondary N) is 1. The SMILES string of the molecule is Cc1nc(-c2ccc(NC(=O)C(N)CC(C)C)cc2)co1. The van der Waals surface area contributed by atoms with Gasteiger partial charge in [0.15, 0.2) is 5.89 Å². The minimum absolute atomic E-state index is 0.159. The normalized spacial score (nSPS) is 12.4. The lowest BCUT2D eigenvalue weighted by molar-refractivity contribution is -0.117. The Morgan fingerprint density at radius 3 is 2.52 bits per heavy atom. The molecule has 5 nitrogen and oxygen atoms in total. The second kappa shape index (κ2) is 6.54. The lowest BCUT2D eigenvalue weighted by Crippen LogP contribution is -2.36. The van der Waals surface area contributed by atoms with Crippen LogP contribution in [0.5, 0.6) is 0 Å². The van der Waals surface area contributed by atoms with Gasteiger partial charge in [-0.3, -0.25) is 4.79 Å². The van der Waals surface area contributed by atoms with E-state index in [1.165, 1.54) is 0 Å². The van der Waals surface area contributed by atoms with Gasteiger partial charge in [-0.1, -0.05) is 26.0 Å². The van der Waals surface area contributed by atoms with E-state index in [0.717, 1.165) is 16.9 Å². The first-order chi connectivity index (χ1) is 9.95. The van der Waals surface area contributed by atoms with Gasteiger partial charge in [-0.25, -0.2) is 4.98 Å². The van der Waals surface area contributed by atoms with Gasteiger partial charge in [0, 0.05) is 18.2 Å². The van der Waals surface area contributed by atoms with Crippen molar-refractivity contribution in [3.63, 3.8) is 0 Å². The van der Waals surface area contributed by atoms with Crippen LogP contribution in [0.3, 0.4) is 0 Å². The molecule has 2 rings (SSSR count). The van der Waals surface area contributed by atoms with Crippen molar-refractivity contribution in [2.45, 2.75) is 33.2 Å². The van der Waals surface area contributed by atoms with Crippen molar-refractivity contribution in [1.29, 1.82) is 0 Å². The smallest absolute Gasteiger partial charge is 0.241 e. The molecule has 1 unspecified atom stereocenters. The zero-order valence-corrected chi connectivity index (χ0v) is 12.6. The van der Waals surface area contributed by atoms with Crippen LogP contribution in [0.25, 0.3) is 11.3 Å². The van der Waals surface area contributed by atoms with Crippen molar-refractivity contribution in [1.82, 2.24) is 4.98 Å². The van der Waals surface area contributed by atoms with Crippen LogP contribution in [0.1, 0.15) is 26.2 Å². The molecule has 1 amide bonds. The summed E-state index contributed by atoms with van der Waals surface area (Å²) in [5.41, 5.74) is 8.30. The van der Waals surface area contributed by atoms with E-state index in [9.17, 15) is 4.79 Å². The van der Waals surface area contributed by atoms with Gasteiger partial charge < -0.3 is 15.5 Å². The summed E-state index contributed by atoms with van der Waals surface area (Å²) >= 11 is 0. The van der Waals surface area contributed by atoms with Crippen LogP contribution in [0, 0.1) is 12.8 Å².